The van der Waals surface area contributed by atoms with Crippen molar-refractivity contribution in [1.29, 1.82) is 0 Å². The van der Waals surface area contributed by atoms with Gasteiger partial charge in [-0.2, -0.15) is 0 Å². The zero-order valence-corrected chi connectivity index (χ0v) is 17.0. The summed E-state index contributed by atoms with van der Waals surface area (Å²) in [7, 11) is 4.75. The second kappa shape index (κ2) is 7.36. The Kier molecular flexibility index (Phi) is 4.87. The first-order valence-corrected chi connectivity index (χ1v) is 9.76. The molecule has 1 unspecified atom stereocenters. The number of carbonyl (C=O) groups excluding carboxylic acids is 1. The fourth-order valence-corrected chi connectivity index (χ4v) is 4.71. The van der Waals surface area contributed by atoms with Crippen LogP contribution in [0.25, 0.3) is 0 Å². The minimum absolute atomic E-state index is 0.165. The fourth-order valence-electron chi connectivity index (χ4n) is 3.62. The first-order chi connectivity index (χ1) is 13.9. The van der Waals surface area contributed by atoms with Crippen molar-refractivity contribution in [1.82, 2.24) is 4.57 Å². The molecule has 1 aliphatic rings. The molecule has 2 heterocycles. The van der Waals surface area contributed by atoms with Gasteiger partial charge in [0.15, 0.2) is 11.5 Å². The van der Waals surface area contributed by atoms with E-state index in [-0.39, 0.29) is 28.9 Å². The molecule has 4 rings (SSSR count). The summed E-state index contributed by atoms with van der Waals surface area (Å²) in [6.45, 7) is 0. The summed E-state index contributed by atoms with van der Waals surface area (Å²) < 4.78 is 25.5. The number of aromatic nitrogens is 1. The third-order valence-electron chi connectivity index (χ3n) is 5.06. The van der Waals surface area contributed by atoms with Crippen LogP contribution < -0.4 is 19.2 Å². The second-order valence-electron chi connectivity index (χ2n) is 6.69. The quantitative estimate of drug-likeness (QED) is 0.652. The lowest BCUT2D eigenvalue weighted by atomic mass is 9.90. The van der Waals surface area contributed by atoms with E-state index in [0.29, 0.717) is 23.0 Å². The van der Waals surface area contributed by atoms with Crippen LogP contribution in [-0.4, -0.2) is 24.7 Å². The molecule has 0 saturated heterocycles. The van der Waals surface area contributed by atoms with Crippen LogP contribution >= 0.6 is 11.3 Å². The number of amides is 1. The zero-order chi connectivity index (χ0) is 20.7. The van der Waals surface area contributed by atoms with E-state index in [0.717, 1.165) is 21.8 Å². The van der Waals surface area contributed by atoms with Crippen LogP contribution in [0.3, 0.4) is 0 Å². The molecule has 29 heavy (non-hydrogen) atoms. The maximum atomic E-state index is 13.4. The van der Waals surface area contributed by atoms with Gasteiger partial charge in [0, 0.05) is 19.4 Å². The number of hydrogen-bond donors (Lipinski definition) is 0. The van der Waals surface area contributed by atoms with Gasteiger partial charge in [-0.3, -0.25) is 19.1 Å². The van der Waals surface area contributed by atoms with Crippen molar-refractivity contribution in [3.8, 4) is 11.5 Å². The monoisotopic (exact) mass is 414 g/mol. The van der Waals surface area contributed by atoms with Crippen LogP contribution in [0.2, 0.25) is 0 Å². The molecule has 3 aromatic rings. The molecule has 2 aromatic carbocycles. The van der Waals surface area contributed by atoms with Crippen molar-refractivity contribution in [2.45, 2.75) is 12.3 Å². The molecule has 8 heteroatoms. The predicted octanol–water partition coefficient (Wildman–Crippen LogP) is 3.80. The van der Waals surface area contributed by atoms with Gasteiger partial charge in [0.2, 0.25) is 5.91 Å². The largest absolute Gasteiger partial charge is 0.493 e. The van der Waals surface area contributed by atoms with Gasteiger partial charge in [-0.1, -0.05) is 17.4 Å². The molecule has 6 nitrogen and oxygen atoms in total. The first-order valence-electron chi connectivity index (χ1n) is 8.94. The number of ether oxygens (including phenoxy) is 2. The van der Waals surface area contributed by atoms with Crippen molar-refractivity contribution in [3.05, 3.63) is 68.4 Å². The van der Waals surface area contributed by atoms with Gasteiger partial charge in [-0.15, -0.1) is 0 Å². The number of anilines is 2. The maximum Gasteiger partial charge on any atom is 0.308 e. The molecule has 0 saturated carbocycles. The average Bonchev–Trinajstić information content (AvgIpc) is 3.02. The van der Waals surface area contributed by atoms with E-state index < -0.39 is 0 Å². The highest BCUT2D eigenvalue weighted by Crippen LogP contribution is 2.45. The standard InChI is InChI=1S/C21H19FN2O4S/c1-23-20-19(29-21(23)26)15(12-4-9-16(27-2)17(10-12)28-3)11-18(25)24(20)14-7-5-13(22)6-8-14/h4-10,15H,11H2,1-3H3. The number of fused-ring (bicyclic) bond motifs is 1. The molecule has 1 atom stereocenters. The summed E-state index contributed by atoms with van der Waals surface area (Å²) in [5.74, 6) is 0.824. The van der Waals surface area contributed by atoms with Crippen molar-refractivity contribution >= 4 is 28.7 Å². The van der Waals surface area contributed by atoms with Gasteiger partial charge < -0.3 is 9.47 Å². The van der Waals surface area contributed by atoms with Crippen LogP contribution in [0.1, 0.15) is 22.8 Å². The topological polar surface area (TPSA) is 60.8 Å². The first kappa shape index (κ1) is 19.2. The summed E-state index contributed by atoms with van der Waals surface area (Å²) in [5, 5.41) is 0. The van der Waals surface area contributed by atoms with E-state index >= 15 is 0 Å². The summed E-state index contributed by atoms with van der Waals surface area (Å²) in [6, 6.07) is 11.2. The third-order valence-corrected chi connectivity index (χ3v) is 6.20. The molecule has 0 spiro atoms. The minimum atomic E-state index is -0.388. The van der Waals surface area contributed by atoms with Crippen LogP contribution in [0.5, 0.6) is 11.5 Å². The molecule has 1 aromatic heterocycles. The van der Waals surface area contributed by atoms with Gasteiger partial charge in [0.05, 0.1) is 24.8 Å². The van der Waals surface area contributed by atoms with Crippen molar-refractivity contribution in [2.75, 3.05) is 19.1 Å². The molecular formula is C21H19FN2O4S. The number of hydrogen-bond acceptors (Lipinski definition) is 5. The van der Waals surface area contributed by atoms with Crippen LogP contribution in [0, 0.1) is 5.82 Å². The number of halogens is 1. The van der Waals surface area contributed by atoms with E-state index in [2.05, 4.69) is 0 Å². The van der Waals surface area contributed by atoms with Crippen molar-refractivity contribution in [3.63, 3.8) is 0 Å². The third kappa shape index (κ3) is 3.19. The van der Waals surface area contributed by atoms with Crippen molar-refractivity contribution < 1.29 is 18.7 Å². The van der Waals surface area contributed by atoms with Gasteiger partial charge in [0.25, 0.3) is 0 Å². The Balaban J connectivity index is 1.86. The Morgan fingerprint density at radius 1 is 1.03 bits per heavy atom. The van der Waals surface area contributed by atoms with E-state index in [1.54, 1.807) is 27.3 Å². The number of rotatable bonds is 4. The van der Waals surface area contributed by atoms with Crippen LogP contribution in [0.15, 0.2) is 47.3 Å². The van der Waals surface area contributed by atoms with Crippen LogP contribution in [-0.2, 0) is 11.8 Å². The Labute approximate surface area is 170 Å². The normalized spacial score (nSPS) is 15.9. The number of nitrogens with zero attached hydrogens (tertiary/aromatic N) is 2. The summed E-state index contributed by atoms with van der Waals surface area (Å²) in [5.41, 5.74) is 1.38. The lowest BCUT2D eigenvalue weighted by molar-refractivity contribution is -0.118. The molecule has 0 radical (unpaired) electrons. The highest BCUT2D eigenvalue weighted by atomic mass is 32.1. The van der Waals surface area contributed by atoms with E-state index in [1.165, 1.54) is 33.7 Å². The van der Waals surface area contributed by atoms with Gasteiger partial charge in [0.1, 0.15) is 11.6 Å². The summed E-state index contributed by atoms with van der Waals surface area (Å²) in [4.78, 5) is 27.7. The van der Waals surface area contributed by atoms with Gasteiger partial charge in [-0.25, -0.2) is 4.39 Å². The van der Waals surface area contributed by atoms with Gasteiger partial charge >= 0.3 is 4.87 Å². The highest BCUT2D eigenvalue weighted by Gasteiger charge is 2.37. The summed E-state index contributed by atoms with van der Waals surface area (Å²) >= 11 is 1.11. The van der Waals surface area contributed by atoms with E-state index in [4.69, 9.17) is 9.47 Å². The minimum Gasteiger partial charge on any atom is -0.493 e. The second-order valence-corrected chi connectivity index (χ2v) is 7.68. The van der Waals surface area contributed by atoms with E-state index in [1.807, 2.05) is 12.1 Å². The lowest BCUT2D eigenvalue weighted by Crippen LogP contribution is -2.34. The summed E-state index contributed by atoms with van der Waals surface area (Å²) in [6.07, 6.45) is 0.180. The molecular weight excluding hydrogens is 395 g/mol. The zero-order valence-electron chi connectivity index (χ0n) is 16.1. The average molecular weight is 414 g/mol. The molecule has 0 N–H and O–H groups in total. The molecule has 1 amide bonds. The molecule has 1 aliphatic heterocycles. The SMILES string of the molecule is COc1ccc(C2CC(=O)N(c3ccc(F)cc3)c3c2sc(=O)n3C)cc1OC. The lowest BCUT2D eigenvalue weighted by Gasteiger charge is -2.32. The molecule has 0 aliphatic carbocycles. The van der Waals surface area contributed by atoms with Crippen molar-refractivity contribution in [2.24, 2.45) is 7.05 Å². The number of benzene rings is 2. The number of methoxy groups -OCH3 is 2. The molecule has 0 bridgehead atoms. The predicted molar refractivity (Wildman–Crippen MR) is 109 cm³/mol. The highest BCUT2D eigenvalue weighted by molar-refractivity contribution is 7.10. The van der Waals surface area contributed by atoms with E-state index in [9.17, 15) is 14.0 Å². The molecule has 150 valence electrons. The van der Waals surface area contributed by atoms with Gasteiger partial charge in [-0.05, 0) is 42.0 Å². The number of thiazole rings is 1. The Hall–Kier alpha value is -3.13. The maximum absolute atomic E-state index is 13.4. The Morgan fingerprint density at radius 2 is 1.72 bits per heavy atom. The molecule has 0 fully saturated rings. The smallest absolute Gasteiger partial charge is 0.308 e. The van der Waals surface area contributed by atoms with Crippen LogP contribution in [0.4, 0.5) is 15.9 Å². The Bertz CT molecular complexity index is 1140. The Morgan fingerprint density at radius 3 is 2.38 bits per heavy atom. The number of carbonyl (C=O) groups is 1. The fraction of sp³-hybridized carbons (Fsp3) is 0.238.